The molecule has 2 aliphatic carbocycles. The number of aryl methyl sites for hydroxylation is 1. The van der Waals surface area contributed by atoms with E-state index in [1.54, 1.807) is 62.3 Å². The van der Waals surface area contributed by atoms with Gasteiger partial charge in [-0.15, -0.1) is 0 Å². The van der Waals surface area contributed by atoms with Gasteiger partial charge in [0.1, 0.15) is 35.3 Å². The Morgan fingerprint density at radius 2 is 1.73 bits per heavy atom. The molecule has 0 spiro atoms. The van der Waals surface area contributed by atoms with Crippen LogP contribution in [-0.4, -0.2) is 86.4 Å². The molecule has 2 aromatic carbocycles. The van der Waals surface area contributed by atoms with Crippen molar-refractivity contribution >= 4 is 34.4 Å². The lowest BCUT2D eigenvalue weighted by Crippen LogP contribution is -2.74. The van der Waals surface area contributed by atoms with E-state index in [4.69, 9.17) is 21.1 Å². The first kappa shape index (κ1) is 45.2. The van der Waals surface area contributed by atoms with Crippen molar-refractivity contribution in [2.24, 2.45) is 23.8 Å². The number of carbonyl (C=O) groups is 1. The third-order valence-corrected chi connectivity index (χ3v) is 14.1. The number of ether oxygens (including phenoxy) is 2. The molecule has 0 bridgehead atoms. The van der Waals surface area contributed by atoms with Gasteiger partial charge in [0, 0.05) is 97.5 Å². The monoisotopic (exact) mass is 888 g/mol. The minimum Gasteiger partial charge on any atom is -0.489 e. The van der Waals surface area contributed by atoms with Gasteiger partial charge in [-0.3, -0.25) is 14.5 Å². The maximum Gasteiger partial charge on any atom is 0.274 e. The zero-order valence-electron chi connectivity index (χ0n) is 38.1. The molecular formula is C50H61ClN8O5. The number of amides is 1. The standard InChI is InChI=1S/C50H61ClN8O5/c1-48(2)45(49(3,4)46(48)63-35-16-14-32(27-52)39(51)26-35)56-43(60)33-28-54-47(55-29-33)59-23-21-58(22-24-59)20-10-8-9-11-40(31-12-13-31)64-41-17-15-34(50(5,6)62)25-37(41)38-30-57(7)44(61)42-36(38)18-19-53-42/h14-19,25-26,28-31,40,45-46,53,62H,8-13,20-24H2,1-7H3,(H,56,60). The lowest BCUT2D eigenvalue weighted by molar-refractivity contribution is -0.164. The normalized spacial score (nSPS) is 20.0. The Kier molecular flexibility index (Phi) is 12.6. The Bertz CT molecular complexity index is 2580. The number of unbranched alkanes of at least 4 members (excludes halogenated alkanes) is 2. The molecular weight excluding hydrogens is 828 g/mol. The van der Waals surface area contributed by atoms with Crippen molar-refractivity contribution in [1.82, 2.24) is 29.7 Å². The Hall–Kier alpha value is -5.42. The van der Waals surface area contributed by atoms with Gasteiger partial charge in [0.15, 0.2) is 0 Å². The number of aromatic amines is 1. The quantitative estimate of drug-likeness (QED) is 0.0824. The van der Waals surface area contributed by atoms with E-state index in [2.05, 4.69) is 63.8 Å². The molecule has 1 saturated heterocycles. The second-order valence-corrected chi connectivity index (χ2v) is 20.1. The Labute approximate surface area is 380 Å². The fraction of sp³-hybridized carbons (Fsp3) is 0.500. The highest BCUT2D eigenvalue weighted by Crippen LogP contribution is 2.55. The molecule has 14 heteroatoms. The molecule has 3 aliphatic rings. The largest absolute Gasteiger partial charge is 0.489 e. The maximum atomic E-state index is 13.5. The summed E-state index contributed by atoms with van der Waals surface area (Å²) < 4.78 is 14.9. The number of pyridine rings is 1. The lowest BCUT2D eigenvalue weighted by atomic mass is 9.49. The fourth-order valence-electron chi connectivity index (χ4n) is 10.2. The summed E-state index contributed by atoms with van der Waals surface area (Å²) in [6.07, 6.45) is 13.4. The van der Waals surface area contributed by atoms with Gasteiger partial charge in [-0.2, -0.15) is 5.26 Å². The molecule has 1 unspecified atom stereocenters. The van der Waals surface area contributed by atoms with Crippen LogP contribution < -0.4 is 25.2 Å². The maximum absolute atomic E-state index is 13.5. The minimum absolute atomic E-state index is 0.0837. The molecule has 1 amide bonds. The molecule has 338 valence electrons. The van der Waals surface area contributed by atoms with Crippen molar-refractivity contribution in [3.05, 3.63) is 99.3 Å². The van der Waals surface area contributed by atoms with Crippen LogP contribution in [0.5, 0.6) is 11.5 Å². The summed E-state index contributed by atoms with van der Waals surface area (Å²) >= 11 is 6.26. The van der Waals surface area contributed by atoms with Crippen LogP contribution in [0.4, 0.5) is 5.95 Å². The molecule has 4 heterocycles. The lowest BCUT2D eigenvalue weighted by Gasteiger charge is -2.63. The first-order valence-electron chi connectivity index (χ1n) is 22.6. The number of fused-ring (bicyclic) bond motifs is 1. The zero-order valence-corrected chi connectivity index (χ0v) is 38.8. The number of piperazine rings is 1. The van der Waals surface area contributed by atoms with Crippen molar-refractivity contribution in [2.45, 2.75) is 104 Å². The van der Waals surface area contributed by atoms with Crippen molar-refractivity contribution in [2.75, 3.05) is 37.6 Å². The summed E-state index contributed by atoms with van der Waals surface area (Å²) in [5, 5.41) is 24.6. The SMILES string of the molecule is Cn1cc(-c2cc(C(C)(C)O)ccc2OC(CCCCCN2CCN(c3ncc(C(=O)NC4C(C)(C)C(Oc5ccc(C#N)c(Cl)c5)C4(C)C)cn3)CC2)C2CC2)c2cc[nH]c2c1=O. The molecule has 3 fully saturated rings. The number of hydrogen-bond acceptors (Lipinski definition) is 10. The van der Waals surface area contributed by atoms with E-state index in [0.717, 1.165) is 86.2 Å². The van der Waals surface area contributed by atoms with Crippen molar-refractivity contribution in [1.29, 1.82) is 5.26 Å². The van der Waals surface area contributed by atoms with E-state index < -0.39 is 5.60 Å². The van der Waals surface area contributed by atoms with Crippen molar-refractivity contribution in [3.63, 3.8) is 0 Å². The number of carbonyl (C=O) groups excluding carboxylic acids is 1. The van der Waals surface area contributed by atoms with E-state index in [1.807, 2.05) is 30.5 Å². The number of nitrogens with one attached hydrogen (secondary N) is 2. The van der Waals surface area contributed by atoms with Gasteiger partial charge in [-0.05, 0) is 94.3 Å². The van der Waals surface area contributed by atoms with Gasteiger partial charge >= 0.3 is 0 Å². The second-order valence-electron chi connectivity index (χ2n) is 19.7. The molecule has 8 rings (SSSR count). The summed E-state index contributed by atoms with van der Waals surface area (Å²) in [7, 11) is 1.76. The topological polar surface area (TPSA) is 162 Å². The highest BCUT2D eigenvalue weighted by molar-refractivity contribution is 6.31. The molecule has 0 radical (unpaired) electrons. The van der Waals surface area contributed by atoms with Gasteiger partial charge < -0.3 is 34.3 Å². The van der Waals surface area contributed by atoms with Crippen LogP contribution in [-0.2, 0) is 12.6 Å². The highest BCUT2D eigenvalue weighted by Gasteiger charge is 2.64. The Balaban J connectivity index is 0.798. The number of benzene rings is 2. The average molecular weight is 890 g/mol. The molecule has 1 aliphatic heterocycles. The molecule has 3 aromatic heterocycles. The van der Waals surface area contributed by atoms with E-state index in [1.165, 1.54) is 12.8 Å². The van der Waals surface area contributed by atoms with Gasteiger partial charge in [0.25, 0.3) is 11.5 Å². The molecule has 1 atom stereocenters. The van der Waals surface area contributed by atoms with Crippen LogP contribution in [0.25, 0.3) is 22.0 Å². The fourth-order valence-corrected chi connectivity index (χ4v) is 10.4. The molecule has 2 saturated carbocycles. The minimum atomic E-state index is -1.03. The number of nitrogens with zero attached hydrogens (tertiary/aromatic N) is 6. The third kappa shape index (κ3) is 9.23. The summed E-state index contributed by atoms with van der Waals surface area (Å²) in [6, 6.07) is 14.9. The van der Waals surface area contributed by atoms with Crippen LogP contribution in [0.3, 0.4) is 0 Å². The van der Waals surface area contributed by atoms with E-state index in [0.29, 0.717) is 39.3 Å². The number of nitriles is 1. The van der Waals surface area contributed by atoms with Gasteiger partial charge in [-0.1, -0.05) is 51.8 Å². The number of H-pyrrole nitrogens is 1. The number of aromatic nitrogens is 4. The first-order chi connectivity index (χ1) is 30.4. The molecule has 13 nitrogen and oxygen atoms in total. The van der Waals surface area contributed by atoms with Crippen molar-refractivity contribution in [3.8, 4) is 28.7 Å². The number of hydrogen-bond donors (Lipinski definition) is 3. The number of anilines is 1. The summed E-state index contributed by atoms with van der Waals surface area (Å²) in [5.74, 6) is 2.31. The van der Waals surface area contributed by atoms with Crippen LogP contribution >= 0.6 is 11.6 Å². The highest BCUT2D eigenvalue weighted by atomic mass is 35.5. The summed E-state index contributed by atoms with van der Waals surface area (Å²) in [4.78, 5) is 43.4. The van der Waals surface area contributed by atoms with Crippen LogP contribution in [0.15, 0.2) is 72.0 Å². The first-order valence-corrected chi connectivity index (χ1v) is 23.0. The Morgan fingerprint density at radius 1 is 1.02 bits per heavy atom. The Morgan fingerprint density at radius 3 is 2.39 bits per heavy atom. The smallest absolute Gasteiger partial charge is 0.274 e. The van der Waals surface area contributed by atoms with Crippen molar-refractivity contribution < 1.29 is 19.4 Å². The molecule has 3 N–H and O–H groups in total. The average Bonchev–Trinajstić information content (AvgIpc) is 4.00. The number of halogens is 1. The van der Waals surface area contributed by atoms with E-state index in [9.17, 15) is 20.0 Å². The molecule has 5 aromatic rings. The summed E-state index contributed by atoms with van der Waals surface area (Å²) in [6.45, 7) is 16.4. The van der Waals surface area contributed by atoms with Gasteiger partial charge in [0.05, 0.1) is 21.8 Å². The van der Waals surface area contributed by atoms with Gasteiger partial charge in [0.2, 0.25) is 5.95 Å². The number of aliphatic hydroxyl groups is 1. The third-order valence-electron chi connectivity index (χ3n) is 13.7. The van der Waals surface area contributed by atoms with Crippen LogP contribution in [0.1, 0.15) is 102 Å². The zero-order chi connectivity index (χ0) is 45.6. The predicted molar refractivity (Wildman–Crippen MR) is 250 cm³/mol. The number of rotatable bonds is 16. The van der Waals surface area contributed by atoms with Crippen LogP contribution in [0, 0.1) is 28.1 Å². The van der Waals surface area contributed by atoms with Crippen LogP contribution in [0.2, 0.25) is 5.02 Å². The summed E-state index contributed by atoms with van der Waals surface area (Å²) in [5.41, 5.74) is 2.05. The predicted octanol–water partition coefficient (Wildman–Crippen LogP) is 8.23. The van der Waals surface area contributed by atoms with E-state index >= 15 is 0 Å². The molecule has 64 heavy (non-hydrogen) atoms. The second kappa shape index (κ2) is 17.9. The van der Waals surface area contributed by atoms with Gasteiger partial charge in [-0.25, -0.2) is 9.97 Å². The van der Waals surface area contributed by atoms with E-state index in [-0.39, 0.29) is 40.5 Å².